The fraction of sp³-hybridized carbons (Fsp3) is 0.500. The summed E-state index contributed by atoms with van der Waals surface area (Å²) < 4.78 is 7.23. The van der Waals surface area contributed by atoms with E-state index in [1.807, 2.05) is 25.3 Å². The Balaban J connectivity index is 1.99. The van der Waals surface area contributed by atoms with Crippen LogP contribution in [0.5, 0.6) is 0 Å². The fourth-order valence-electron chi connectivity index (χ4n) is 2.02. The van der Waals surface area contributed by atoms with Crippen LogP contribution < -0.4 is 10.6 Å². The number of hydrogen-bond acceptors (Lipinski definition) is 6. The highest BCUT2D eigenvalue weighted by Gasteiger charge is 2.22. The molecule has 0 aromatic carbocycles. The molecule has 9 heteroatoms. The van der Waals surface area contributed by atoms with Crippen molar-refractivity contribution < 1.29 is 14.0 Å². The first-order chi connectivity index (χ1) is 11.9. The molecule has 136 valence electrons. The summed E-state index contributed by atoms with van der Waals surface area (Å²) in [6, 6.07) is 3.10. The Morgan fingerprint density at radius 2 is 2.08 bits per heavy atom. The van der Waals surface area contributed by atoms with Crippen LogP contribution in [0.15, 0.2) is 28.0 Å². The molecule has 0 aliphatic carbocycles. The van der Waals surface area contributed by atoms with Crippen LogP contribution in [0, 0.1) is 5.92 Å². The maximum Gasteiger partial charge on any atom is 0.321 e. The van der Waals surface area contributed by atoms with Crippen molar-refractivity contribution in [3.05, 3.63) is 18.4 Å². The monoisotopic (exact) mass is 365 g/mol. The van der Waals surface area contributed by atoms with Gasteiger partial charge in [-0.15, -0.1) is 10.2 Å². The zero-order valence-electron chi connectivity index (χ0n) is 14.8. The Kier molecular flexibility index (Phi) is 6.63. The van der Waals surface area contributed by atoms with Gasteiger partial charge in [0.2, 0.25) is 5.91 Å². The predicted molar refractivity (Wildman–Crippen MR) is 95.1 cm³/mol. The van der Waals surface area contributed by atoms with Gasteiger partial charge in [-0.2, -0.15) is 0 Å². The highest BCUT2D eigenvalue weighted by Crippen LogP contribution is 2.26. The number of imide groups is 1. The van der Waals surface area contributed by atoms with Gasteiger partial charge in [0, 0.05) is 13.1 Å². The van der Waals surface area contributed by atoms with Crippen LogP contribution >= 0.6 is 11.8 Å². The van der Waals surface area contributed by atoms with Gasteiger partial charge in [-0.25, -0.2) is 4.79 Å². The summed E-state index contributed by atoms with van der Waals surface area (Å²) in [5.74, 6) is 1.16. The van der Waals surface area contributed by atoms with Gasteiger partial charge in [0.05, 0.1) is 11.5 Å². The van der Waals surface area contributed by atoms with Crippen molar-refractivity contribution >= 4 is 23.7 Å². The number of nitrogens with one attached hydrogen (secondary N) is 2. The van der Waals surface area contributed by atoms with Crippen molar-refractivity contribution in [3.63, 3.8) is 0 Å². The van der Waals surface area contributed by atoms with Gasteiger partial charge in [-0.3, -0.25) is 14.7 Å². The summed E-state index contributed by atoms with van der Waals surface area (Å²) in [7, 11) is 0. The van der Waals surface area contributed by atoms with Crippen LogP contribution in [0.4, 0.5) is 4.79 Å². The van der Waals surface area contributed by atoms with E-state index >= 15 is 0 Å². The van der Waals surface area contributed by atoms with Gasteiger partial charge in [0.15, 0.2) is 16.7 Å². The number of furan rings is 1. The maximum atomic E-state index is 12.2. The minimum Gasteiger partial charge on any atom is -0.461 e. The molecule has 2 N–H and O–H groups in total. The fourth-order valence-corrected chi connectivity index (χ4v) is 2.93. The highest BCUT2D eigenvalue weighted by atomic mass is 32.2. The minimum absolute atomic E-state index is 0.316. The standard InChI is InChI=1S/C16H23N5O3S/c1-5-21-13(12-7-6-8-24-12)19-20-16(21)25-11(4)14(22)18-15(23)17-9-10(2)3/h6-8,10-11H,5,9H2,1-4H3,(H2,17,18,22,23). The van der Waals surface area contributed by atoms with Crippen LogP contribution in [0.25, 0.3) is 11.6 Å². The number of amides is 3. The van der Waals surface area contributed by atoms with E-state index in [1.165, 1.54) is 11.8 Å². The van der Waals surface area contributed by atoms with Crippen LogP contribution in [0.2, 0.25) is 0 Å². The van der Waals surface area contributed by atoms with E-state index in [0.717, 1.165) is 0 Å². The molecule has 2 aromatic heterocycles. The molecule has 0 fully saturated rings. The summed E-state index contributed by atoms with van der Waals surface area (Å²) in [5.41, 5.74) is 0. The molecule has 25 heavy (non-hydrogen) atoms. The van der Waals surface area contributed by atoms with E-state index in [9.17, 15) is 9.59 Å². The number of thioether (sulfide) groups is 1. The molecule has 0 aliphatic rings. The molecule has 2 heterocycles. The Morgan fingerprint density at radius 1 is 1.32 bits per heavy atom. The number of carbonyl (C=O) groups is 2. The second-order valence-corrected chi connectivity index (χ2v) is 7.19. The summed E-state index contributed by atoms with van der Waals surface area (Å²) in [6.07, 6.45) is 1.57. The van der Waals surface area contributed by atoms with Gasteiger partial charge >= 0.3 is 6.03 Å². The molecule has 2 rings (SSSR count). The van der Waals surface area contributed by atoms with E-state index < -0.39 is 11.3 Å². The summed E-state index contributed by atoms with van der Waals surface area (Å²) in [6.45, 7) is 8.79. The SMILES string of the molecule is CCn1c(SC(C)C(=O)NC(=O)NCC(C)C)nnc1-c1ccco1. The molecule has 1 atom stereocenters. The van der Waals surface area contributed by atoms with Gasteiger partial charge < -0.3 is 9.73 Å². The average molecular weight is 365 g/mol. The van der Waals surface area contributed by atoms with Gasteiger partial charge in [-0.05, 0) is 31.9 Å². The quantitative estimate of drug-likeness (QED) is 0.731. The number of urea groups is 1. The lowest BCUT2D eigenvalue weighted by Gasteiger charge is -2.13. The maximum absolute atomic E-state index is 12.2. The molecule has 0 saturated carbocycles. The Morgan fingerprint density at radius 3 is 2.68 bits per heavy atom. The van der Waals surface area contributed by atoms with E-state index in [4.69, 9.17) is 4.42 Å². The summed E-state index contributed by atoms with van der Waals surface area (Å²) >= 11 is 1.24. The zero-order chi connectivity index (χ0) is 18.4. The highest BCUT2D eigenvalue weighted by molar-refractivity contribution is 8.00. The molecule has 3 amide bonds. The van der Waals surface area contributed by atoms with Crippen molar-refractivity contribution in [2.45, 2.75) is 44.6 Å². The van der Waals surface area contributed by atoms with Gasteiger partial charge in [-0.1, -0.05) is 25.6 Å². The molecule has 0 radical (unpaired) electrons. The lowest BCUT2D eigenvalue weighted by molar-refractivity contribution is -0.119. The van der Waals surface area contributed by atoms with E-state index in [2.05, 4.69) is 20.8 Å². The minimum atomic E-state index is -0.497. The lowest BCUT2D eigenvalue weighted by atomic mass is 10.2. The normalized spacial score (nSPS) is 12.2. The molecule has 8 nitrogen and oxygen atoms in total. The van der Waals surface area contributed by atoms with Crippen molar-refractivity contribution in [1.29, 1.82) is 0 Å². The Labute approximate surface area is 150 Å². The Bertz CT molecular complexity index is 711. The first-order valence-electron chi connectivity index (χ1n) is 8.14. The molecule has 0 saturated heterocycles. The number of hydrogen-bond donors (Lipinski definition) is 2. The van der Waals surface area contributed by atoms with Crippen molar-refractivity contribution in [2.75, 3.05) is 6.54 Å². The predicted octanol–water partition coefficient (Wildman–Crippen LogP) is 2.52. The van der Waals surface area contributed by atoms with Crippen LogP contribution in [-0.2, 0) is 11.3 Å². The molecule has 0 aliphatic heterocycles. The third-order valence-corrected chi connectivity index (χ3v) is 4.41. The van der Waals surface area contributed by atoms with Crippen LogP contribution in [-0.4, -0.2) is 38.5 Å². The molecule has 1 unspecified atom stereocenters. The van der Waals surface area contributed by atoms with E-state index in [0.29, 0.717) is 35.7 Å². The lowest BCUT2D eigenvalue weighted by Crippen LogP contribution is -2.43. The smallest absolute Gasteiger partial charge is 0.321 e. The van der Waals surface area contributed by atoms with Crippen molar-refractivity contribution in [3.8, 4) is 11.6 Å². The third kappa shape index (κ3) is 5.09. The van der Waals surface area contributed by atoms with Gasteiger partial charge in [0.25, 0.3) is 0 Å². The number of aromatic nitrogens is 3. The van der Waals surface area contributed by atoms with E-state index in [1.54, 1.807) is 25.3 Å². The van der Waals surface area contributed by atoms with Gasteiger partial charge in [0.1, 0.15) is 0 Å². The molecule has 2 aromatic rings. The Hall–Kier alpha value is -2.29. The average Bonchev–Trinajstić information content (AvgIpc) is 3.21. The first-order valence-corrected chi connectivity index (χ1v) is 9.02. The second kappa shape index (κ2) is 8.70. The number of carbonyl (C=O) groups excluding carboxylic acids is 2. The molecule has 0 bridgehead atoms. The summed E-state index contributed by atoms with van der Waals surface area (Å²) in [4.78, 5) is 23.9. The van der Waals surface area contributed by atoms with Crippen molar-refractivity contribution in [1.82, 2.24) is 25.4 Å². The zero-order valence-corrected chi connectivity index (χ0v) is 15.6. The third-order valence-electron chi connectivity index (χ3n) is 3.33. The molecular formula is C16H23N5O3S. The number of nitrogens with zero attached hydrogens (tertiary/aromatic N) is 3. The number of rotatable bonds is 7. The van der Waals surface area contributed by atoms with Crippen molar-refractivity contribution in [2.24, 2.45) is 5.92 Å². The summed E-state index contributed by atoms with van der Waals surface area (Å²) in [5, 5.41) is 13.4. The molecular weight excluding hydrogens is 342 g/mol. The first kappa shape index (κ1) is 19.0. The van der Waals surface area contributed by atoms with Crippen LogP contribution in [0.3, 0.4) is 0 Å². The molecule has 0 spiro atoms. The van der Waals surface area contributed by atoms with Crippen LogP contribution in [0.1, 0.15) is 27.7 Å². The van der Waals surface area contributed by atoms with E-state index in [-0.39, 0.29) is 5.91 Å². The second-order valence-electron chi connectivity index (χ2n) is 5.88. The topological polar surface area (TPSA) is 102 Å². The largest absolute Gasteiger partial charge is 0.461 e.